The van der Waals surface area contributed by atoms with Crippen molar-refractivity contribution >= 4 is 15.9 Å². The summed E-state index contributed by atoms with van der Waals surface area (Å²) in [6.07, 6.45) is 0. The van der Waals surface area contributed by atoms with Gasteiger partial charge in [-0.3, -0.25) is 4.79 Å². The summed E-state index contributed by atoms with van der Waals surface area (Å²) in [5.74, 6) is 0.282. The van der Waals surface area contributed by atoms with E-state index in [1.165, 1.54) is 39.3 Å². The van der Waals surface area contributed by atoms with Gasteiger partial charge in [-0.1, -0.05) is 30.3 Å². The number of ether oxygens (including phenoxy) is 2. The number of nitrogens with one attached hydrogen (secondary N) is 2. The lowest BCUT2D eigenvalue weighted by molar-refractivity contribution is -0.123. The van der Waals surface area contributed by atoms with Crippen LogP contribution in [0.4, 0.5) is 0 Å². The molecule has 0 radical (unpaired) electrons. The van der Waals surface area contributed by atoms with Crippen molar-refractivity contribution < 1.29 is 22.7 Å². The van der Waals surface area contributed by atoms with Gasteiger partial charge < -0.3 is 14.8 Å². The Morgan fingerprint density at radius 2 is 1.59 bits per heavy atom. The van der Waals surface area contributed by atoms with Crippen LogP contribution in [0.5, 0.6) is 11.5 Å². The summed E-state index contributed by atoms with van der Waals surface area (Å²) in [7, 11) is -1.03. The molecule has 0 saturated heterocycles. The zero-order valence-electron chi connectivity index (χ0n) is 15.7. The van der Waals surface area contributed by atoms with Crippen LogP contribution in [0.15, 0.2) is 53.4 Å². The van der Waals surface area contributed by atoms with Gasteiger partial charge in [0, 0.05) is 6.07 Å². The molecular weight excluding hydrogens is 368 g/mol. The summed E-state index contributed by atoms with van der Waals surface area (Å²) in [6, 6.07) is 12.5. The molecule has 1 amide bonds. The molecule has 0 heterocycles. The Morgan fingerprint density at radius 1 is 0.963 bits per heavy atom. The quantitative estimate of drug-likeness (QED) is 0.719. The second-order valence-corrected chi connectivity index (χ2v) is 7.71. The molecule has 0 aromatic heterocycles. The van der Waals surface area contributed by atoms with E-state index in [1.807, 2.05) is 37.3 Å². The van der Waals surface area contributed by atoms with Crippen molar-refractivity contribution in [3.8, 4) is 11.5 Å². The normalized spacial score (nSPS) is 13.5. The third-order valence-electron chi connectivity index (χ3n) is 4.05. The molecular formula is C19H24N2O5S. The van der Waals surface area contributed by atoms with Crippen LogP contribution >= 0.6 is 0 Å². The average molecular weight is 392 g/mol. The molecule has 0 unspecified atom stereocenters. The minimum absolute atomic E-state index is 0.0177. The number of amides is 1. The van der Waals surface area contributed by atoms with Gasteiger partial charge in [-0.15, -0.1) is 0 Å². The van der Waals surface area contributed by atoms with Crippen LogP contribution < -0.4 is 19.5 Å². The monoisotopic (exact) mass is 392 g/mol. The number of hydrogen-bond acceptors (Lipinski definition) is 5. The smallest absolute Gasteiger partial charge is 0.241 e. The highest BCUT2D eigenvalue weighted by atomic mass is 32.2. The molecule has 2 N–H and O–H groups in total. The second-order valence-electron chi connectivity index (χ2n) is 6.00. The molecule has 2 rings (SSSR count). The number of carbonyl (C=O) groups is 1. The third-order valence-corrected chi connectivity index (χ3v) is 5.59. The fourth-order valence-corrected chi connectivity index (χ4v) is 3.72. The van der Waals surface area contributed by atoms with E-state index in [-0.39, 0.29) is 16.7 Å². The SMILES string of the molecule is COc1ccc(S(=O)(=O)N[C@H](C)C(=O)N[C@@H](C)c2ccccc2)cc1OC. The molecule has 7 nitrogen and oxygen atoms in total. The average Bonchev–Trinajstić information content (AvgIpc) is 2.67. The van der Waals surface area contributed by atoms with Crippen LogP contribution in [0.25, 0.3) is 0 Å². The molecule has 0 saturated carbocycles. The molecule has 8 heteroatoms. The standard InChI is InChI=1S/C19H24N2O5S/c1-13(15-8-6-5-7-9-15)20-19(22)14(2)21-27(23,24)16-10-11-17(25-3)18(12-16)26-4/h5-14,21H,1-4H3,(H,20,22)/t13-,14+/m0/s1. The molecule has 146 valence electrons. The van der Waals surface area contributed by atoms with E-state index in [4.69, 9.17) is 9.47 Å². The molecule has 27 heavy (non-hydrogen) atoms. The first kappa shape index (κ1) is 20.7. The van der Waals surface area contributed by atoms with E-state index in [9.17, 15) is 13.2 Å². The van der Waals surface area contributed by atoms with Gasteiger partial charge in [0.05, 0.1) is 31.2 Å². The molecule has 0 aliphatic carbocycles. The molecule has 0 bridgehead atoms. The fourth-order valence-electron chi connectivity index (χ4n) is 2.50. The van der Waals surface area contributed by atoms with E-state index in [1.54, 1.807) is 0 Å². The lowest BCUT2D eigenvalue weighted by Crippen LogP contribution is -2.45. The molecule has 2 aromatic carbocycles. The Kier molecular flexibility index (Phi) is 6.81. The Labute approximate surface area is 159 Å². The van der Waals surface area contributed by atoms with Gasteiger partial charge in [-0.25, -0.2) is 8.42 Å². The van der Waals surface area contributed by atoms with Crippen molar-refractivity contribution in [1.82, 2.24) is 10.0 Å². The molecule has 0 aliphatic rings. The summed E-state index contributed by atoms with van der Waals surface area (Å²) in [5, 5.41) is 2.80. The van der Waals surface area contributed by atoms with Gasteiger partial charge in [-0.2, -0.15) is 4.72 Å². The summed E-state index contributed by atoms with van der Waals surface area (Å²) >= 11 is 0. The Hall–Kier alpha value is -2.58. The van der Waals surface area contributed by atoms with Gasteiger partial charge in [0.1, 0.15) is 0 Å². The van der Waals surface area contributed by atoms with Gasteiger partial charge in [0.2, 0.25) is 15.9 Å². The predicted octanol–water partition coefficient (Wildman–Crippen LogP) is 2.25. The highest BCUT2D eigenvalue weighted by Gasteiger charge is 2.24. The summed E-state index contributed by atoms with van der Waals surface area (Å²) < 4.78 is 37.8. The summed E-state index contributed by atoms with van der Waals surface area (Å²) in [6.45, 7) is 3.33. The molecule has 0 fully saturated rings. The Morgan fingerprint density at radius 3 is 2.19 bits per heavy atom. The first-order valence-corrected chi connectivity index (χ1v) is 9.86. The van der Waals surface area contributed by atoms with Crippen LogP contribution in [0.2, 0.25) is 0 Å². The zero-order chi connectivity index (χ0) is 20.0. The number of hydrogen-bond donors (Lipinski definition) is 2. The summed E-state index contributed by atoms with van der Waals surface area (Å²) in [5.41, 5.74) is 0.931. The van der Waals surface area contributed by atoms with Crippen molar-refractivity contribution in [1.29, 1.82) is 0 Å². The van der Waals surface area contributed by atoms with E-state index >= 15 is 0 Å². The van der Waals surface area contributed by atoms with E-state index < -0.39 is 22.0 Å². The first-order valence-electron chi connectivity index (χ1n) is 8.38. The van der Waals surface area contributed by atoms with Gasteiger partial charge in [0.25, 0.3) is 0 Å². The largest absolute Gasteiger partial charge is 0.493 e. The van der Waals surface area contributed by atoms with Crippen LogP contribution in [0.1, 0.15) is 25.5 Å². The maximum Gasteiger partial charge on any atom is 0.241 e. The van der Waals surface area contributed by atoms with Crippen LogP contribution in [-0.2, 0) is 14.8 Å². The summed E-state index contributed by atoms with van der Waals surface area (Å²) in [4.78, 5) is 12.4. The molecule has 0 spiro atoms. The van der Waals surface area contributed by atoms with Crippen molar-refractivity contribution in [2.24, 2.45) is 0 Å². The number of sulfonamides is 1. The van der Waals surface area contributed by atoms with Crippen LogP contribution in [-0.4, -0.2) is 34.6 Å². The Bertz CT molecular complexity index is 884. The topological polar surface area (TPSA) is 93.7 Å². The zero-order valence-corrected chi connectivity index (χ0v) is 16.5. The fraction of sp³-hybridized carbons (Fsp3) is 0.316. The number of carbonyl (C=O) groups excluding carboxylic acids is 1. The molecule has 2 aromatic rings. The van der Waals surface area contributed by atoms with E-state index in [2.05, 4.69) is 10.0 Å². The first-order chi connectivity index (χ1) is 12.8. The van der Waals surface area contributed by atoms with Crippen LogP contribution in [0, 0.1) is 0 Å². The van der Waals surface area contributed by atoms with Crippen molar-refractivity contribution in [2.75, 3.05) is 14.2 Å². The Balaban J connectivity index is 2.09. The number of benzene rings is 2. The minimum atomic E-state index is -3.91. The second kappa shape index (κ2) is 8.88. The van der Waals surface area contributed by atoms with Gasteiger partial charge in [-0.05, 0) is 31.5 Å². The van der Waals surface area contributed by atoms with Crippen molar-refractivity contribution in [3.05, 3.63) is 54.1 Å². The van der Waals surface area contributed by atoms with Crippen molar-refractivity contribution in [2.45, 2.75) is 30.8 Å². The molecule has 2 atom stereocenters. The molecule has 0 aliphatic heterocycles. The maximum atomic E-state index is 12.6. The lowest BCUT2D eigenvalue weighted by Gasteiger charge is -2.19. The number of rotatable bonds is 8. The van der Waals surface area contributed by atoms with Gasteiger partial charge >= 0.3 is 0 Å². The maximum absolute atomic E-state index is 12.6. The highest BCUT2D eigenvalue weighted by molar-refractivity contribution is 7.89. The van der Waals surface area contributed by atoms with Crippen LogP contribution in [0.3, 0.4) is 0 Å². The lowest BCUT2D eigenvalue weighted by atomic mass is 10.1. The predicted molar refractivity (Wildman–Crippen MR) is 102 cm³/mol. The minimum Gasteiger partial charge on any atom is -0.493 e. The van der Waals surface area contributed by atoms with Gasteiger partial charge in [0.15, 0.2) is 11.5 Å². The number of methoxy groups -OCH3 is 2. The van der Waals surface area contributed by atoms with Crippen molar-refractivity contribution in [3.63, 3.8) is 0 Å². The third kappa shape index (κ3) is 5.21. The van der Waals surface area contributed by atoms with E-state index in [0.29, 0.717) is 5.75 Å². The highest BCUT2D eigenvalue weighted by Crippen LogP contribution is 2.29. The van der Waals surface area contributed by atoms with E-state index in [0.717, 1.165) is 5.56 Å².